The largest absolute Gasteiger partial charge is 0.471 e. The highest BCUT2D eigenvalue weighted by Crippen LogP contribution is 2.41. The zero-order valence-electron chi connectivity index (χ0n) is 13.6. The van der Waals surface area contributed by atoms with Crippen molar-refractivity contribution in [3.63, 3.8) is 0 Å². The van der Waals surface area contributed by atoms with E-state index in [4.69, 9.17) is 4.89 Å². The minimum absolute atomic E-state index is 0.0394. The summed E-state index contributed by atoms with van der Waals surface area (Å²) in [4.78, 5) is 31.4. The molecule has 0 radical (unpaired) electrons. The normalized spacial score (nSPS) is 13.1. The molecule has 3 N–H and O–H groups in total. The van der Waals surface area contributed by atoms with Gasteiger partial charge in [-0.15, -0.1) is 0 Å². The van der Waals surface area contributed by atoms with Gasteiger partial charge in [0.2, 0.25) is 11.8 Å². The lowest BCUT2D eigenvalue weighted by Gasteiger charge is -2.09. The number of unbranched alkanes of at least 4 members (excludes halogenated alkanes) is 3. The van der Waals surface area contributed by atoms with Crippen molar-refractivity contribution in [3.8, 4) is 0 Å². The number of phosphoric ester groups is 1. The average Bonchev–Trinajstić information content (AvgIpc) is 2.53. The molecule has 0 aliphatic rings. The summed E-state index contributed by atoms with van der Waals surface area (Å²) in [6.07, 6.45) is 5.37. The van der Waals surface area contributed by atoms with E-state index in [2.05, 4.69) is 26.3 Å². The molecule has 0 aliphatic heterocycles. The van der Waals surface area contributed by atoms with Gasteiger partial charge in [0.15, 0.2) is 0 Å². The predicted molar refractivity (Wildman–Crippen MR) is 86.7 cm³/mol. The molecule has 0 saturated carbocycles. The Labute approximate surface area is 137 Å². The molecule has 0 spiro atoms. The molecular weight excluding hydrogens is 323 g/mol. The molecule has 0 saturated heterocycles. The number of rotatable bonds is 14. The van der Waals surface area contributed by atoms with Crippen molar-refractivity contribution in [2.24, 2.45) is 0 Å². The maximum absolute atomic E-state index is 11.5. The van der Waals surface area contributed by atoms with Crippen molar-refractivity contribution >= 4 is 19.6 Å². The van der Waals surface area contributed by atoms with Gasteiger partial charge >= 0.3 is 7.82 Å². The SMILES string of the molecule is C=CC(=O)NCCCC(=O)NCCCCCCOP(=O)(O)OC. The summed E-state index contributed by atoms with van der Waals surface area (Å²) in [5, 5.41) is 5.40. The van der Waals surface area contributed by atoms with Gasteiger partial charge in [0.1, 0.15) is 0 Å². The zero-order chi connectivity index (χ0) is 17.6. The molecule has 0 bridgehead atoms. The Morgan fingerprint density at radius 1 is 1.13 bits per heavy atom. The van der Waals surface area contributed by atoms with Crippen molar-refractivity contribution < 1.29 is 28.1 Å². The van der Waals surface area contributed by atoms with E-state index in [0.717, 1.165) is 26.4 Å². The smallest absolute Gasteiger partial charge is 0.356 e. The summed E-state index contributed by atoms with van der Waals surface area (Å²) in [5.74, 6) is -0.278. The molecule has 1 atom stereocenters. The van der Waals surface area contributed by atoms with Gasteiger partial charge in [0.05, 0.1) is 6.61 Å². The highest BCUT2D eigenvalue weighted by Gasteiger charge is 2.17. The van der Waals surface area contributed by atoms with Crippen LogP contribution in [0.25, 0.3) is 0 Å². The highest BCUT2D eigenvalue weighted by atomic mass is 31.2. The van der Waals surface area contributed by atoms with Crippen molar-refractivity contribution in [2.45, 2.75) is 38.5 Å². The Balaban J connectivity index is 3.37. The average molecular weight is 350 g/mol. The Bertz CT molecular complexity index is 416. The van der Waals surface area contributed by atoms with Gasteiger partial charge in [-0.1, -0.05) is 19.4 Å². The van der Waals surface area contributed by atoms with E-state index >= 15 is 0 Å². The highest BCUT2D eigenvalue weighted by molar-refractivity contribution is 7.47. The van der Waals surface area contributed by atoms with Crippen molar-refractivity contribution in [1.29, 1.82) is 0 Å². The third-order valence-electron chi connectivity index (χ3n) is 2.94. The number of amides is 2. The van der Waals surface area contributed by atoms with E-state index in [1.54, 1.807) is 0 Å². The molecule has 1 unspecified atom stereocenters. The van der Waals surface area contributed by atoms with E-state index < -0.39 is 7.82 Å². The van der Waals surface area contributed by atoms with Crippen molar-refractivity contribution in [2.75, 3.05) is 26.8 Å². The van der Waals surface area contributed by atoms with E-state index in [9.17, 15) is 14.2 Å². The first kappa shape index (κ1) is 21.8. The van der Waals surface area contributed by atoms with Gasteiger partial charge in [-0.05, 0) is 25.3 Å². The summed E-state index contributed by atoms with van der Waals surface area (Å²) in [6.45, 7) is 4.55. The molecule has 0 aliphatic carbocycles. The molecule has 0 rings (SSSR count). The van der Waals surface area contributed by atoms with Crippen LogP contribution < -0.4 is 10.6 Å². The van der Waals surface area contributed by atoms with Crippen molar-refractivity contribution in [1.82, 2.24) is 10.6 Å². The second-order valence-electron chi connectivity index (χ2n) is 4.85. The summed E-state index contributed by atoms with van der Waals surface area (Å²) in [7, 11) is -2.74. The summed E-state index contributed by atoms with van der Waals surface area (Å²) in [6, 6.07) is 0. The molecule has 0 aromatic carbocycles. The Morgan fingerprint density at radius 2 is 1.78 bits per heavy atom. The van der Waals surface area contributed by atoms with Crippen LogP contribution in [0.2, 0.25) is 0 Å². The summed E-state index contributed by atoms with van der Waals surface area (Å²) >= 11 is 0. The van der Waals surface area contributed by atoms with E-state index in [1.165, 1.54) is 6.08 Å². The molecule has 9 heteroatoms. The number of carbonyl (C=O) groups excluding carboxylic acids is 2. The zero-order valence-corrected chi connectivity index (χ0v) is 14.5. The fourth-order valence-corrected chi connectivity index (χ4v) is 2.13. The summed E-state index contributed by atoms with van der Waals surface area (Å²) in [5.41, 5.74) is 0. The van der Waals surface area contributed by atoms with Gasteiger partial charge < -0.3 is 15.5 Å². The molecule has 0 aromatic rings. The summed E-state index contributed by atoms with van der Waals surface area (Å²) < 4.78 is 20.0. The third-order valence-corrected chi connectivity index (χ3v) is 3.91. The molecule has 0 aromatic heterocycles. The van der Waals surface area contributed by atoms with Crippen LogP contribution in [0.3, 0.4) is 0 Å². The van der Waals surface area contributed by atoms with Gasteiger partial charge in [-0.25, -0.2) is 4.57 Å². The molecule has 0 fully saturated rings. The predicted octanol–water partition coefficient (Wildman–Crippen LogP) is 1.51. The quantitative estimate of drug-likeness (QED) is 0.249. The van der Waals surface area contributed by atoms with E-state index in [0.29, 0.717) is 32.4 Å². The first-order valence-electron chi connectivity index (χ1n) is 7.61. The number of phosphoric acid groups is 1. The molecule has 0 heterocycles. The van der Waals surface area contributed by atoms with Crippen LogP contribution in [0, 0.1) is 0 Å². The number of hydrogen-bond donors (Lipinski definition) is 3. The van der Waals surface area contributed by atoms with Crippen LogP contribution in [0.5, 0.6) is 0 Å². The number of nitrogens with one attached hydrogen (secondary N) is 2. The fourth-order valence-electron chi connectivity index (χ4n) is 1.66. The lowest BCUT2D eigenvalue weighted by atomic mass is 10.2. The Hall–Kier alpha value is -1.21. The van der Waals surface area contributed by atoms with Crippen molar-refractivity contribution in [3.05, 3.63) is 12.7 Å². The second kappa shape index (κ2) is 13.2. The molecule has 2 amide bonds. The molecule has 8 nitrogen and oxygen atoms in total. The minimum atomic E-state index is -3.86. The first-order chi connectivity index (χ1) is 10.9. The third kappa shape index (κ3) is 14.1. The number of hydrogen-bond acceptors (Lipinski definition) is 5. The first-order valence-corrected chi connectivity index (χ1v) is 9.11. The Kier molecular flexibility index (Phi) is 12.6. The monoisotopic (exact) mass is 350 g/mol. The van der Waals surface area contributed by atoms with Gasteiger partial charge in [-0.3, -0.25) is 18.6 Å². The van der Waals surface area contributed by atoms with E-state index in [1.807, 2.05) is 0 Å². The minimum Gasteiger partial charge on any atom is -0.356 e. The maximum Gasteiger partial charge on any atom is 0.471 e. The van der Waals surface area contributed by atoms with Gasteiger partial charge in [0, 0.05) is 26.6 Å². The van der Waals surface area contributed by atoms with E-state index in [-0.39, 0.29) is 18.4 Å². The van der Waals surface area contributed by atoms with Crippen LogP contribution in [-0.2, 0) is 23.2 Å². The fraction of sp³-hybridized carbons (Fsp3) is 0.714. The van der Waals surface area contributed by atoms with Crippen LogP contribution in [-0.4, -0.2) is 43.5 Å². The lowest BCUT2D eigenvalue weighted by Crippen LogP contribution is -2.27. The standard InChI is InChI=1S/C14H27N2O6P/c1-3-13(17)15-11-8-9-14(18)16-10-6-4-5-7-12-22-23(19,20)21-2/h3H,1,4-12H2,2H3,(H,15,17)(H,16,18)(H,19,20). The Morgan fingerprint density at radius 3 is 2.43 bits per heavy atom. The topological polar surface area (TPSA) is 114 Å². The van der Waals surface area contributed by atoms with Crippen LogP contribution in [0.4, 0.5) is 0 Å². The van der Waals surface area contributed by atoms with Crippen LogP contribution in [0.1, 0.15) is 38.5 Å². The second-order valence-corrected chi connectivity index (χ2v) is 6.41. The molecule has 134 valence electrons. The molecular formula is C14H27N2O6P. The van der Waals surface area contributed by atoms with Gasteiger partial charge in [0.25, 0.3) is 0 Å². The van der Waals surface area contributed by atoms with Crippen LogP contribution >= 0.6 is 7.82 Å². The maximum atomic E-state index is 11.5. The van der Waals surface area contributed by atoms with Crippen LogP contribution in [0.15, 0.2) is 12.7 Å². The molecule has 23 heavy (non-hydrogen) atoms. The van der Waals surface area contributed by atoms with Gasteiger partial charge in [-0.2, -0.15) is 0 Å². The lowest BCUT2D eigenvalue weighted by molar-refractivity contribution is -0.121. The number of carbonyl (C=O) groups is 2.